The molecule has 0 fully saturated rings. The lowest BCUT2D eigenvalue weighted by Gasteiger charge is -2.07. The number of anilines is 1. The van der Waals surface area contributed by atoms with Crippen molar-refractivity contribution in [2.45, 2.75) is 48.0 Å². The van der Waals surface area contributed by atoms with E-state index in [0.29, 0.717) is 17.6 Å². The monoisotopic (exact) mass is 632 g/mol. The lowest BCUT2D eigenvalue weighted by molar-refractivity contribution is -0.138. The molecular formula is C35H46BClN4O4. The van der Waals surface area contributed by atoms with E-state index in [-0.39, 0.29) is 12.5 Å². The van der Waals surface area contributed by atoms with Gasteiger partial charge >= 0.3 is 12.9 Å². The summed E-state index contributed by atoms with van der Waals surface area (Å²) in [4.78, 5) is 22.2. The molecule has 0 bridgehead atoms. The third-order valence-electron chi connectivity index (χ3n) is 5.15. The molecule has 240 valence electrons. The highest BCUT2D eigenvalue weighted by Crippen LogP contribution is 2.11. The molecule has 0 aliphatic rings. The van der Waals surface area contributed by atoms with Gasteiger partial charge in [-0.3, -0.25) is 9.78 Å². The summed E-state index contributed by atoms with van der Waals surface area (Å²) in [7, 11) is 1.32. The van der Waals surface area contributed by atoms with Gasteiger partial charge in [0.25, 0.3) is 0 Å². The molecule has 0 spiro atoms. The summed E-state index contributed by atoms with van der Waals surface area (Å²) >= 11 is 5.59. The number of benzene rings is 2. The summed E-state index contributed by atoms with van der Waals surface area (Å²) in [5, 5.41) is 12.4. The SMILES string of the molecule is C=CC=C(C)C.CB(O)c1ccc(OCc2ccccc2)cc1.CC.COC(=O)CNc1cc(Cl)ncn1.Cc1ccccn1. The molecule has 0 unspecified atom stereocenters. The van der Waals surface area contributed by atoms with Crippen molar-refractivity contribution in [3.05, 3.63) is 132 Å². The van der Waals surface area contributed by atoms with Gasteiger partial charge in [-0.15, -0.1) is 0 Å². The Hall–Kier alpha value is -4.47. The van der Waals surface area contributed by atoms with E-state index in [2.05, 4.69) is 31.6 Å². The first-order valence-electron chi connectivity index (χ1n) is 14.5. The normalized spacial score (nSPS) is 8.91. The summed E-state index contributed by atoms with van der Waals surface area (Å²) in [6.45, 7) is 15.5. The Kier molecular flexibility index (Phi) is 23.4. The number of esters is 1. The Bertz CT molecular complexity index is 1350. The Labute approximate surface area is 274 Å². The highest BCUT2D eigenvalue weighted by molar-refractivity contribution is 6.64. The molecule has 0 radical (unpaired) electrons. The van der Waals surface area contributed by atoms with Crippen LogP contribution in [0.2, 0.25) is 12.0 Å². The van der Waals surface area contributed by atoms with Gasteiger partial charge in [0, 0.05) is 18.0 Å². The molecule has 0 saturated carbocycles. The number of allylic oxidation sites excluding steroid dienone is 3. The van der Waals surface area contributed by atoms with E-state index in [4.69, 9.17) is 16.3 Å². The number of aromatic nitrogens is 3. The minimum atomic E-state index is -0.432. The fourth-order valence-electron chi connectivity index (χ4n) is 2.93. The van der Waals surface area contributed by atoms with Crippen LogP contribution in [0.5, 0.6) is 5.75 Å². The third-order valence-corrected chi connectivity index (χ3v) is 5.36. The van der Waals surface area contributed by atoms with E-state index in [1.54, 1.807) is 19.1 Å². The largest absolute Gasteiger partial charge is 0.489 e. The molecule has 10 heteroatoms. The molecule has 0 aliphatic carbocycles. The van der Waals surface area contributed by atoms with Crippen molar-refractivity contribution in [1.29, 1.82) is 0 Å². The number of carbonyl (C=O) groups excluding carboxylic acids is 1. The van der Waals surface area contributed by atoms with Gasteiger partial charge < -0.3 is 19.8 Å². The van der Waals surface area contributed by atoms with E-state index in [1.807, 2.05) is 113 Å². The molecule has 4 rings (SSSR count). The zero-order valence-electron chi connectivity index (χ0n) is 27.4. The first kappa shape index (κ1) is 40.5. The predicted molar refractivity (Wildman–Crippen MR) is 188 cm³/mol. The maximum Gasteiger partial charge on any atom is 0.325 e. The lowest BCUT2D eigenvalue weighted by atomic mass is 9.64. The van der Waals surface area contributed by atoms with Gasteiger partial charge in [-0.05, 0) is 56.1 Å². The average Bonchev–Trinajstić information content (AvgIpc) is 3.05. The minimum Gasteiger partial charge on any atom is -0.489 e. The van der Waals surface area contributed by atoms with Crippen molar-refractivity contribution in [3.63, 3.8) is 0 Å². The number of nitrogens with one attached hydrogen (secondary N) is 1. The van der Waals surface area contributed by atoms with Crippen LogP contribution in [0.15, 0.2) is 116 Å². The number of hydrogen-bond acceptors (Lipinski definition) is 8. The topological polar surface area (TPSA) is 106 Å². The Morgan fingerprint density at radius 3 is 2.09 bits per heavy atom. The van der Waals surface area contributed by atoms with Crippen molar-refractivity contribution in [3.8, 4) is 5.75 Å². The Morgan fingerprint density at radius 2 is 1.64 bits per heavy atom. The van der Waals surface area contributed by atoms with E-state index in [1.165, 1.54) is 25.1 Å². The molecule has 0 atom stereocenters. The molecule has 4 aromatic rings. The van der Waals surface area contributed by atoms with Crippen LogP contribution in [0.25, 0.3) is 0 Å². The van der Waals surface area contributed by atoms with Crippen molar-refractivity contribution in [2.24, 2.45) is 0 Å². The smallest absolute Gasteiger partial charge is 0.325 e. The van der Waals surface area contributed by atoms with E-state index >= 15 is 0 Å². The standard InChI is InChI=1S/C14H15BO2.C7H8ClN3O2.C6H7N.C6H10.C2H6/c1-15(16)13-7-9-14(10-8-13)17-11-12-5-3-2-4-6-12;1-13-7(12)3-9-6-2-5(8)10-4-11-6;1-6-4-2-3-5-7-6;1-4-5-6(2)3;1-2/h2-10,16H,11H2,1H3;2,4H,3H2,1H3,(H,9,10,11);2-5H,1H3;4-5H,1H2,2-3H3;1-2H3. The van der Waals surface area contributed by atoms with Crippen LogP contribution in [0, 0.1) is 6.92 Å². The van der Waals surface area contributed by atoms with Crippen LogP contribution in [0.4, 0.5) is 5.82 Å². The van der Waals surface area contributed by atoms with Gasteiger partial charge in [0.05, 0.1) is 7.11 Å². The lowest BCUT2D eigenvalue weighted by Crippen LogP contribution is -2.25. The summed E-state index contributed by atoms with van der Waals surface area (Å²) < 4.78 is 10.1. The van der Waals surface area contributed by atoms with Gasteiger partial charge in [0.2, 0.25) is 0 Å². The van der Waals surface area contributed by atoms with Gasteiger partial charge in [-0.25, -0.2) is 9.97 Å². The minimum absolute atomic E-state index is 0.0594. The van der Waals surface area contributed by atoms with Crippen LogP contribution < -0.4 is 15.5 Å². The number of carbonyl (C=O) groups is 1. The molecule has 0 aliphatic heterocycles. The molecule has 8 nitrogen and oxygen atoms in total. The maximum absolute atomic E-state index is 10.7. The van der Waals surface area contributed by atoms with Crippen LogP contribution in [0.3, 0.4) is 0 Å². The number of pyridine rings is 1. The van der Waals surface area contributed by atoms with Gasteiger partial charge in [-0.1, -0.05) is 105 Å². The molecule has 2 N–H and O–H groups in total. The number of halogens is 1. The third kappa shape index (κ3) is 21.8. The second kappa shape index (κ2) is 26.0. The number of nitrogens with zero attached hydrogens (tertiary/aromatic N) is 3. The van der Waals surface area contributed by atoms with Crippen molar-refractivity contribution in [2.75, 3.05) is 19.0 Å². The first-order valence-corrected chi connectivity index (χ1v) is 14.9. The second-order valence-electron chi connectivity index (χ2n) is 9.13. The summed E-state index contributed by atoms with van der Waals surface area (Å²) in [6, 6.07) is 24.9. The molecule has 0 saturated heterocycles. The van der Waals surface area contributed by atoms with E-state index < -0.39 is 6.92 Å². The Balaban J connectivity index is 0.000000609. The zero-order chi connectivity index (χ0) is 33.9. The summed E-state index contributed by atoms with van der Waals surface area (Å²) in [6.07, 6.45) is 6.85. The number of aryl methyl sites for hydroxylation is 1. The molecule has 2 heterocycles. The summed E-state index contributed by atoms with van der Waals surface area (Å²) in [5.41, 5.74) is 4.41. The van der Waals surface area contributed by atoms with Crippen LogP contribution in [0.1, 0.15) is 39.0 Å². The number of methoxy groups -OCH3 is 1. The van der Waals surface area contributed by atoms with E-state index in [9.17, 15) is 9.82 Å². The number of hydrogen-bond donors (Lipinski definition) is 2. The van der Waals surface area contributed by atoms with Gasteiger partial charge in [-0.2, -0.15) is 0 Å². The van der Waals surface area contributed by atoms with Gasteiger partial charge in [0.15, 0.2) is 0 Å². The Morgan fingerprint density at radius 1 is 1.00 bits per heavy atom. The highest BCUT2D eigenvalue weighted by Gasteiger charge is 2.05. The fraction of sp³-hybridized carbons (Fsp3) is 0.257. The highest BCUT2D eigenvalue weighted by atomic mass is 35.5. The van der Waals surface area contributed by atoms with Gasteiger partial charge in [0.1, 0.15) is 36.2 Å². The fourth-order valence-corrected chi connectivity index (χ4v) is 3.08. The van der Waals surface area contributed by atoms with Crippen LogP contribution in [-0.4, -0.2) is 46.5 Å². The van der Waals surface area contributed by atoms with Crippen molar-refractivity contribution >= 4 is 35.8 Å². The van der Waals surface area contributed by atoms with Crippen molar-refractivity contribution < 1.29 is 19.3 Å². The number of rotatable bonds is 8. The predicted octanol–water partition coefficient (Wildman–Crippen LogP) is 7.36. The second-order valence-corrected chi connectivity index (χ2v) is 9.51. The quantitative estimate of drug-likeness (QED) is 0.0899. The molecule has 2 aromatic carbocycles. The van der Waals surface area contributed by atoms with Crippen molar-refractivity contribution in [1.82, 2.24) is 15.0 Å². The molecular weight excluding hydrogens is 587 g/mol. The zero-order valence-corrected chi connectivity index (χ0v) is 28.2. The maximum atomic E-state index is 10.7. The molecule has 0 amide bonds. The molecule has 45 heavy (non-hydrogen) atoms. The first-order chi connectivity index (χ1) is 21.6. The average molecular weight is 633 g/mol. The van der Waals surface area contributed by atoms with E-state index in [0.717, 1.165) is 22.5 Å². The van der Waals surface area contributed by atoms with Crippen LogP contribution >= 0.6 is 11.6 Å². The summed E-state index contributed by atoms with van der Waals surface area (Å²) in [5.74, 6) is 0.943. The number of ether oxygens (including phenoxy) is 2. The van der Waals surface area contributed by atoms with Crippen LogP contribution in [-0.2, 0) is 16.1 Å². The molecule has 2 aromatic heterocycles.